The molecule has 0 saturated carbocycles. The lowest BCUT2D eigenvalue weighted by molar-refractivity contribution is 0.393. The summed E-state index contributed by atoms with van der Waals surface area (Å²) in [5, 5.41) is 19.1. The minimum absolute atomic E-state index is 0.129. The van der Waals surface area contributed by atoms with Crippen molar-refractivity contribution in [1.29, 1.82) is 5.26 Å². The van der Waals surface area contributed by atoms with E-state index >= 15 is 0 Å². The molecule has 0 saturated heterocycles. The molecule has 25 heavy (non-hydrogen) atoms. The number of phenols is 1. The SMILES string of the molecule is CCN(CC)c1ccc2c(c1)OC(N)=C(C#N)[C@@H]2c1ccc(O)cc1. The summed E-state index contributed by atoms with van der Waals surface area (Å²) in [5.74, 6) is 0.673. The van der Waals surface area contributed by atoms with Crippen LogP contribution in [0.25, 0.3) is 0 Å². The third-order valence-corrected chi connectivity index (χ3v) is 4.56. The molecule has 128 valence electrons. The fraction of sp³-hybridized carbons (Fsp3) is 0.250. The summed E-state index contributed by atoms with van der Waals surface area (Å²) in [7, 11) is 0. The van der Waals surface area contributed by atoms with Gasteiger partial charge in [-0.15, -0.1) is 0 Å². The van der Waals surface area contributed by atoms with E-state index in [1.54, 1.807) is 24.3 Å². The maximum absolute atomic E-state index is 9.57. The molecule has 1 heterocycles. The Bertz CT molecular complexity index is 846. The molecule has 2 aromatic carbocycles. The standard InChI is InChI=1S/C20H21N3O2/c1-3-23(4-2)14-7-10-16-18(11-14)25-20(22)17(12-21)19(16)13-5-8-15(24)9-6-13/h5-11,19,24H,3-4,22H2,1-2H3/t19-/m1/s1. The number of fused-ring (bicyclic) bond motifs is 1. The van der Waals surface area contributed by atoms with E-state index in [9.17, 15) is 10.4 Å². The molecular formula is C20H21N3O2. The highest BCUT2D eigenvalue weighted by Crippen LogP contribution is 2.43. The normalized spacial score (nSPS) is 16.0. The summed E-state index contributed by atoms with van der Waals surface area (Å²) in [5.41, 5.74) is 9.25. The molecule has 0 fully saturated rings. The lowest BCUT2D eigenvalue weighted by atomic mass is 9.83. The van der Waals surface area contributed by atoms with E-state index in [-0.39, 0.29) is 17.6 Å². The average molecular weight is 335 g/mol. The molecule has 0 aromatic heterocycles. The molecule has 0 aliphatic carbocycles. The Morgan fingerprint density at radius 2 is 1.84 bits per heavy atom. The molecule has 3 N–H and O–H groups in total. The number of nitrogens with two attached hydrogens (primary N) is 1. The number of anilines is 1. The Labute approximate surface area is 147 Å². The van der Waals surface area contributed by atoms with Crippen molar-refractivity contribution in [2.45, 2.75) is 19.8 Å². The minimum atomic E-state index is -0.305. The molecule has 0 radical (unpaired) electrons. The maximum atomic E-state index is 9.57. The number of hydrogen-bond donors (Lipinski definition) is 2. The number of allylic oxidation sites excluding steroid dienone is 1. The van der Waals surface area contributed by atoms with Crippen molar-refractivity contribution in [3.05, 3.63) is 65.0 Å². The van der Waals surface area contributed by atoms with Gasteiger partial charge in [0.05, 0.1) is 5.92 Å². The van der Waals surface area contributed by atoms with Crippen LogP contribution in [0.3, 0.4) is 0 Å². The van der Waals surface area contributed by atoms with Gasteiger partial charge in [0.1, 0.15) is 23.1 Å². The van der Waals surface area contributed by atoms with Gasteiger partial charge in [0.15, 0.2) is 0 Å². The van der Waals surface area contributed by atoms with Gasteiger partial charge in [-0.3, -0.25) is 0 Å². The van der Waals surface area contributed by atoms with Crippen LogP contribution in [0.15, 0.2) is 53.9 Å². The van der Waals surface area contributed by atoms with Gasteiger partial charge in [-0.2, -0.15) is 5.26 Å². The second-order valence-electron chi connectivity index (χ2n) is 5.91. The van der Waals surface area contributed by atoms with Crippen LogP contribution >= 0.6 is 0 Å². The van der Waals surface area contributed by atoms with Crippen LogP contribution in [-0.4, -0.2) is 18.2 Å². The molecule has 3 rings (SSSR count). The van der Waals surface area contributed by atoms with Gasteiger partial charge in [0, 0.05) is 30.4 Å². The van der Waals surface area contributed by atoms with Crippen molar-refractivity contribution in [3.8, 4) is 17.6 Å². The quantitative estimate of drug-likeness (QED) is 0.894. The van der Waals surface area contributed by atoms with Gasteiger partial charge in [-0.25, -0.2) is 0 Å². The number of benzene rings is 2. The highest BCUT2D eigenvalue weighted by molar-refractivity contribution is 5.61. The molecule has 1 aliphatic rings. The first-order valence-corrected chi connectivity index (χ1v) is 8.34. The first-order valence-electron chi connectivity index (χ1n) is 8.34. The zero-order chi connectivity index (χ0) is 18.0. The van der Waals surface area contributed by atoms with Crippen molar-refractivity contribution in [1.82, 2.24) is 0 Å². The predicted molar refractivity (Wildman–Crippen MR) is 97.4 cm³/mol. The Balaban J connectivity index is 2.12. The second-order valence-corrected chi connectivity index (χ2v) is 5.91. The lowest BCUT2D eigenvalue weighted by Gasteiger charge is -2.29. The predicted octanol–water partition coefficient (Wildman–Crippen LogP) is 3.46. The summed E-state index contributed by atoms with van der Waals surface area (Å²) in [6.07, 6.45) is 0. The number of ether oxygens (including phenoxy) is 1. The van der Waals surface area contributed by atoms with Crippen molar-refractivity contribution in [2.24, 2.45) is 5.73 Å². The Morgan fingerprint density at radius 1 is 1.16 bits per heavy atom. The van der Waals surface area contributed by atoms with Crippen LogP contribution in [0.1, 0.15) is 30.9 Å². The molecule has 1 atom stereocenters. The van der Waals surface area contributed by atoms with Crippen LogP contribution in [0.5, 0.6) is 11.5 Å². The fourth-order valence-corrected chi connectivity index (χ4v) is 3.24. The first-order chi connectivity index (χ1) is 12.1. The smallest absolute Gasteiger partial charge is 0.205 e. The average Bonchev–Trinajstić information content (AvgIpc) is 2.62. The molecule has 5 heteroatoms. The maximum Gasteiger partial charge on any atom is 0.205 e. The van der Waals surface area contributed by atoms with E-state index in [2.05, 4.69) is 24.8 Å². The number of nitrogens with zero attached hydrogens (tertiary/aromatic N) is 2. The summed E-state index contributed by atoms with van der Waals surface area (Å²) in [4.78, 5) is 2.22. The zero-order valence-electron chi connectivity index (χ0n) is 14.4. The van der Waals surface area contributed by atoms with Crippen LogP contribution in [0.2, 0.25) is 0 Å². The van der Waals surface area contributed by atoms with Crippen LogP contribution < -0.4 is 15.4 Å². The Hall–Kier alpha value is -3.13. The summed E-state index contributed by atoms with van der Waals surface area (Å²) < 4.78 is 5.75. The van der Waals surface area contributed by atoms with E-state index in [1.165, 1.54) is 0 Å². The second kappa shape index (κ2) is 6.78. The molecule has 0 amide bonds. The van der Waals surface area contributed by atoms with Gasteiger partial charge >= 0.3 is 0 Å². The van der Waals surface area contributed by atoms with Crippen LogP contribution in [-0.2, 0) is 0 Å². The summed E-state index contributed by atoms with van der Waals surface area (Å²) >= 11 is 0. The van der Waals surface area contributed by atoms with Crippen molar-refractivity contribution in [3.63, 3.8) is 0 Å². The number of hydrogen-bond acceptors (Lipinski definition) is 5. The van der Waals surface area contributed by atoms with Gasteiger partial charge in [-0.1, -0.05) is 18.2 Å². The van der Waals surface area contributed by atoms with Gasteiger partial charge in [0.25, 0.3) is 0 Å². The monoisotopic (exact) mass is 335 g/mol. The molecule has 0 spiro atoms. The third-order valence-electron chi connectivity index (χ3n) is 4.56. The first kappa shape index (κ1) is 16.7. The highest BCUT2D eigenvalue weighted by Gasteiger charge is 2.30. The zero-order valence-corrected chi connectivity index (χ0v) is 14.4. The van der Waals surface area contributed by atoms with Crippen LogP contribution in [0, 0.1) is 11.3 Å². The Kier molecular flexibility index (Phi) is 4.53. The number of nitriles is 1. The number of aromatic hydroxyl groups is 1. The summed E-state index contributed by atoms with van der Waals surface area (Å²) in [6, 6.07) is 15.0. The minimum Gasteiger partial charge on any atom is -0.508 e. The molecule has 5 nitrogen and oxygen atoms in total. The van der Waals surface area contributed by atoms with Gasteiger partial charge < -0.3 is 20.5 Å². The Morgan fingerprint density at radius 3 is 2.44 bits per heavy atom. The number of phenolic OH excluding ortho intramolecular Hbond substituents is 1. The molecule has 1 aliphatic heterocycles. The van der Waals surface area contributed by atoms with Gasteiger partial charge in [0.2, 0.25) is 5.88 Å². The largest absolute Gasteiger partial charge is 0.508 e. The van der Waals surface area contributed by atoms with Crippen LogP contribution in [0.4, 0.5) is 5.69 Å². The lowest BCUT2D eigenvalue weighted by Crippen LogP contribution is -2.24. The topological polar surface area (TPSA) is 82.5 Å². The van der Waals surface area contributed by atoms with Gasteiger partial charge in [-0.05, 0) is 37.6 Å². The molecular weight excluding hydrogens is 314 g/mol. The molecule has 0 bridgehead atoms. The highest BCUT2D eigenvalue weighted by atomic mass is 16.5. The number of rotatable bonds is 4. The van der Waals surface area contributed by atoms with E-state index in [1.807, 2.05) is 18.2 Å². The van der Waals surface area contributed by atoms with E-state index in [0.717, 1.165) is 29.9 Å². The summed E-state index contributed by atoms with van der Waals surface area (Å²) in [6.45, 7) is 5.99. The van der Waals surface area contributed by atoms with E-state index in [0.29, 0.717) is 11.3 Å². The van der Waals surface area contributed by atoms with Crippen molar-refractivity contribution in [2.75, 3.05) is 18.0 Å². The van der Waals surface area contributed by atoms with E-state index < -0.39 is 0 Å². The van der Waals surface area contributed by atoms with E-state index in [4.69, 9.17) is 10.5 Å². The van der Waals surface area contributed by atoms with Crippen molar-refractivity contribution >= 4 is 5.69 Å². The molecule has 0 unspecified atom stereocenters. The van der Waals surface area contributed by atoms with Crippen molar-refractivity contribution < 1.29 is 9.84 Å². The fourth-order valence-electron chi connectivity index (χ4n) is 3.24. The third kappa shape index (κ3) is 2.99. The molecule has 2 aromatic rings.